The van der Waals surface area contributed by atoms with Gasteiger partial charge in [-0.2, -0.15) is 13.2 Å². The van der Waals surface area contributed by atoms with E-state index in [1.54, 1.807) is 26.0 Å². The standard InChI is InChI=1S/C26H36N8O5.C8H7ClF3N/c1-5-20(28-16-30-25(32-33(4)8-9-35)19-6-10-39-11-7-19)22(14-36)34-12-17(2)21(13-34)31-26(38)23-24(37)18(3)27-15-29-23;1-13-7-3-2-5(4-6(7)9)8(10,11)12/h6,9,14-17,21,37H,5,7-8,10-13H2,1-4H3,(H,31,38)(H,28,30,32);2-4,13H,1H3/b22-20+;/t17-,21+;/m1./s1. The van der Waals surface area contributed by atoms with Crippen molar-refractivity contribution in [2.75, 3.05) is 52.3 Å². The van der Waals surface area contributed by atoms with Gasteiger partial charge in [-0.05, 0) is 49.5 Å². The van der Waals surface area contributed by atoms with Gasteiger partial charge in [-0.15, -0.1) is 0 Å². The zero-order valence-electron chi connectivity index (χ0n) is 29.5. The number of aliphatic imine (C=N–C) groups is 2. The number of likely N-dealkylation sites (N-methyl/N-ethyl adjacent to an activating group) is 1. The first kappa shape index (κ1) is 41.5. The number of anilines is 1. The zero-order chi connectivity index (χ0) is 38.4. The Morgan fingerprint density at radius 1 is 1.25 bits per heavy atom. The van der Waals surface area contributed by atoms with E-state index in [1.807, 2.05) is 24.8 Å². The molecule has 1 aromatic carbocycles. The molecule has 0 bridgehead atoms. The third kappa shape index (κ3) is 11.6. The van der Waals surface area contributed by atoms with Crippen molar-refractivity contribution < 1.29 is 37.4 Å². The van der Waals surface area contributed by atoms with Crippen molar-refractivity contribution in [1.82, 2.24) is 30.6 Å². The summed E-state index contributed by atoms with van der Waals surface area (Å²) >= 11 is 5.57. The Hall–Kier alpha value is -4.87. The van der Waals surface area contributed by atoms with Crippen molar-refractivity contribution >= 4 is 47.9 Å². The molecular formula is C34H43ClF3N9O5. The number of hydrogen-bond donors (Lipinski definition) is 4. The Kier molecular flexibility index (Phi) is 15.7. The quantitative estimate of drug-likeness (QED) is 0.0807. The number of hydrazine groups is 1. The van der Waals surface area contributed by atoms with Crippen LogP contribution in [0.15, 0.2) is 57.6 Å². The lowest BCUT2D eigenvalue weighted by Crippen LogP contribution is -2.41. The van der Waals surface area contributed by atoms with Gasteiger partial charge >= 0.3 is 6.18 Å². The van der Waals surface area contributed by atoms with Crippen molar-refractivity contribution in [3.63, 3.8) is 0 Å². The summed E-state index contributed by atoms with van der Waals surface area (Å²) in [4.78, 5) is 54.5. The lowest BCUT2D eigenvalue weighted by molar-refractivity contribution is -0.137. The minimum atomic E-state index is -4.34. The van der Waals surface area contributed by atoms with Gasteiger partial charge in [0.25, 0.3) is 5.91 Å². The van der Waals surface area contributed by atoms with Gasteiger partial charge in [-0.1, -0.05) is 31.5 Å². The van der Waals surface area contributed by atoms with Crippen LogP contribution in [0.25, 0.3) is 0 Å². The van der Waals surface area contributed by atoms with Crippen LogP contribution < -0.4 is 16.1 Å². The van der Waals surface area contributed by atoms with E-state index in [4.69, 9.17) is 16.3 Å². The first-order valence-corrected chi connectivity index (χ1v) is 16.7. The molecule has 0 aliphatic carbocycles. The summed E-state index contributed by atoms with van der Waals surface area (Å²) in [6.07, 6.45) is 2.92. The van der Waals surface area contributed by atoms with E-state index < -0.39 is 17.6 Å². The second-order valence-corrected chi connectivity index (χ2v) is 12.2. The minimum Gasteiger partial charge on any atom is -0.504 e. The Morgan fingerprint density at radius 3 is 2.60 bits per heavy atom. The number of hydrogen-bond acceptors (Lipinski definition) is 11. The molecule has 18 heteroatoms. The van der Waals surface area contributed by atoms with Gasteiger partial charge in [-0.25, -0.2) is 25.0 Å². The van der Waals surface area contributed by atoms with Crippen molar-refractivity contribution in [1.29, 1.82) is 0 Å². The van der Waals surface area contributed by atoms with E-state index in [0.29, 0.717) is 67.8 Å². The largest absolute Gasteiger partial charge is 0.504 e. The number of alkyl halides is 3. The highest BCUT2D eigenvalue weighted by Gasteiger charge is 2.34. The van der Waals surface area contributed by atoms with Crippen molar-refractivity contribution in [3.8, 4) is 5.75 Å². The van der Waals surface area contributed by atoms with Crippen molar-refractivity contribution in [2.24, 2.45) is 15.9 Å². The number of carbonyl (C=O) groups excluding carboxylic acids is 3. The van der Waals surface area contributed by atoms with Gasteiger partial charge in [0.2, 0.25) is 0 Å². The fourth-order valence-electron chi connectivity index (χ4n) is 5.20. The summed E-state index contributed by atoms with van der Waals surface area (Å²) in [5.41, 5.74) is 5.00. The fraction of sp³-hybridized carbons (Fsp3) is 0.441. The zero-order valence-corrected chi connectivity index (χ0v) is 30.3. The average molecular weight is 750 g/mol. The molecule has 1 aromatic heterocycles. The van der Waals surface area contributed by atoms with E-state index in [9.17, 15) is 32.7 Å². The summed E-state index contributed by atoms with van der Waals surface area (Å²) in [6.45, 7) is 7.62. The Balaban J connectivity index is 0.000000471. The third-order valence-corrected chi connectivity index (χ3v) is 8.42. The Morgan fingerprint density at radius 2 is 2.00 bits per heavy atom. The predicted molar refractivity (Wildman–Crippen MR) is 191 cm³/mol. The number of nitrogens with one attached hydrogen (secondary N) is 3. The predicted octanol–water partition coefficient (Wildman–Crippen LogP) is 4.17. The monoisotopic (exact) mass is 749 g/mol. The number of likely N-dealkylation sites (tertiary alicyclic amines) is 1. The number of ether oxygens (including phenoxy) is 1. The normalized spacial score (nSPS) is 18.3. The molecule has 282 valence electrons. The van der Waals surface area contributed by atoms with E-state index >= 15 is 0 Å². The number of aromatic hydroxyl groups is 1. The fourth-order valence-corrected chi connectivity index (χ4v) is 5.47. The third-order valence-electron chi connectivity index (χ3n) is 8.11. The average Bonchev–Trinajstić information content (AvgIpc) is 3.47. The van der Waals surface area contributed by atoms with Gasteiger partial charge in [0.05, 0.1) is 59.2 Å². The molecule has 2 aliphatic heterocycles. The van der Waals surface area contributed by atoms with Gasteiger partial charge in [-0.3, -0.25) is 9.59 Å². The SMILES string of the molecule is CC/C(N=CN=C(NN(C)CC=O)C1=CCOCC1)=C(/C=O)N1C[C@@H](C)[C@@H](NC(=O)c2ncnc(C)c2O)C1.CNc1ccc(C(F)(F)F)cc1Cl. The molecule has 14 nitrogen and oxygen atoms in total. The molecule has 0 radical (unpaired) electrons. The molecule has 2 aromatic rings. The minimum absolute atomic E-state index is 0.0266. The summed E-state index contributed by atoms with van der Waals surface area (Å²) < 4.78 is 41.8. The number of aromatic nitrogens is 2. The van der Waals surface area contributed by atoms with Crippen LogP contribution in [-0.2, 0) is 20.5 Å². The molecule has 0 unspecified atom stereocenters. The molecule has 1 saturated heterocycles. The van der Waals surface area contributed by atoms with Crippen LogP contribution in [0.3, 0.4) is 0 Å². The number of allylic oxidation sites excluding steroid dienone is 2. The molecule has 52 heavy (non-hydrogen) atoms. The number of amides is 1. The van der Waals surface area contributed by atoms with Crippen LogP contribution in [0.5, 0.6) is 5.75 Å². The number of nitrogens with zero attached hydrogens (tertiary/aromatic N) is 6. The molecule has 1 fully saturated rings. The summed E-state index contributed by atoms with van der Waals surface area (Å²) in [5, 5.41) is 17.4. The van der Waals surface area contributed by atoms with E-state index in [-0.39, 0.29) is 35.0 Å². The van der Waals surface area contributed by atoms with Gasteiger partial charge in [0.1, 0.15) is 24.8 Å². The van der Waals surface area contributed by atoms with Gasteiger partial charge in [0.15, 0.2) is 17.7 Å². The summed E-state index contributed by atoms with van der Waals surface area (Å²) in [5.74, 6) is -0.177. The molecule has 4 N–H and O–H groups in total. The highest BCUT2D eigenvalue weighted by atomic mass is 35.5. The maximum absolute atomic E-state index is 12.8. The smallest absolute Gasteiger partial charge is 0.416 e. The van der Waals surface area contributed by atoms with E-state index in [1.165, 1.54) is 18.7 Å². The number of aryl methyl sites for hydroxylation is 1. The number of aldehydes is 2. The van der Waals surface area contributed by atoms with Crippen molar-refractivity contribution in [2.45, 2.75) is 45.8 Å². The number of carbonyl (C=O) groups is 3. The number of amidine groups is 1. The molecule has 2 atom stereocenters. The molecule has 2 aliphatic rings. The summed E-state index contributed by atoms with van der Waals surface area (Å²) in [6, 6.07) is 2.91. The number of halogens is 4. The molecule has 0 spiro atoms. The molecule has 1 amide bonds. The topological polar surface area (TPSA) is 174 Å². The van der Waals surface area contributed by atoms with Crippen LogP contribution in [0.4, 0.5) is 18.9 Å². The lowest BCUT2D eigenvalue weighted by atomic mass is 10.1. The van der Waals surface area contributed by atoms with Crippen LogP contribution in [0.2, 0.25) is 5.02 Å². The lowest BCUT2D eigenvalue weighted by Gasteiger charge is -2.22. The first-order valence-electron chi connectivity index (χ1n) is 16.3. The molecule has 4 rings (SSSR count). The Bertz CT molecular complexity index is 1700. The van der Waals surface area contributed by atoms with E-state index in [0.717, 1.165) is 30.3 Å². The maximum atomic E-state index is 12.8. The number of benzene rings is 1. The van der Waals surface area contributed by atoms with Crippen LogP contribution in [0, 0.1) is 12.8 Å². The molecule has 3 heterocycles. The molecular weight excluding hydrogens is 707 g/mol. The second kappa shape index (κ2) is 19.7. The van der Waals surface area contributed by atoms with Gasteiger partial charge < -0.3 is 35.6 Å². The highest BCUT2D eigenvalue weighted by molar-refractivity contribution is 6.33. The van der Waals surface area contributed by atoms with Crippen LogP contribution >= 0.6 is 11.6 Å². The number of rotatable bonds is 12. The van der Waals surface area contributed by atoms with E-state index in [2.05, 4.69) is 36.0 Å². The highest BCUT2D eigenvalue weighted by Crippen LogP contribution is 2.33. The first-order chi connectivity index (χ1) is 24.7. The van der Waals surface area contributed by atoms with Gasteiger partial charge in [0, 0.05) is 27.2 Å². The van der Waals surface area contributed by atoms with Crippen LogP contribution in [-0.4, -0.2) is 109 Å². The van der Waals surface area contributed by atoms with Crippen LogP contribution in [0.1, 0.15) is 48.4 Å². The second-order valence-electron chi connectivity index (χ2n) is 11.8. The maximum Gasteiger partial charge on any atom is 0.416 e. The molecule has 0 saturated carbocycles. The summed E-state index contributed by atoms with van der Waals surface area (Å²) in [7, 11) is 3.33. The Labute approximate surface area is 304 Å². The van der Waals surface area contributed by atoms with Crippen molar-refractivity contribution in [3.05, 3.63) is 69.5 Å².